The molecule has 3 aromatic rings. The van der Waals surface area contributed by atoms with Crippen molar-refractivity contribution in [2.75, 3.05) is 6.16 Å². The first kappa shape index (κ1) is 19.3. The van der Waals surface area contributed by atoms with Gasteiger partial charge < -0.3 is 0 Å². The third-order valence-electron chi connectivity index (χ3n) is 5.71. The van der Waals surface area contributed by atoms with Crippen molar-refractivity contribution >= 4 is 27.7 Å². The van der Waals surface area contributed by atoms with Gasteiger partial charge in [-0.05, 0) is 81.8 Å². The van der Waals surface area contributed by atoms with Crippen LogP contribution in [0.2, 0.25) is 0 Å². The van der Waals surface area contributed by atoms with E-state index in [1.54, 1.807) is 11.1 Å². The molecule has 1 aliphatic carbocycles. The molecule has 3 heteroatoms. The van der Waals surface area contributed by atoms with Gasteiger partial charge in [0.1, 0.15) is 0 Å². The van der Waals surface area contributed by atoms with E-state index in [4.69, 9.17) is 0 Å². The molecule has 0 aromatic heterocycles. The normalized spacial score (nSPS) is 15.7. The molecule has 27 heavy (non-hydrogen) atoms. The van der Waals surface area contributed by atoms with Crippen LogP contribution >= 0.6 is 27.7 Å². The lowest BCUT2D eigenvalue weighted by Crippen LogP contribution is -1.99. The monoisotopic (exact) mass is 408 g/mol. The number of benzene rings is 3. The summed E-state index contributed by atoms with van der Waals surface area (Å²) >= 11 is 0. The molecule has 0 spiro atoms. The van der Waals surface area contributed by atoms with Crippen molar-refractivity contribution in [3.63, 3.8) is 0 Å². The second kappa shape index (κ2) is 8.53. The SMILES string of the molecule is PCc1ccc(-c2ccc(-c3ccc4c(c3)CC(CP)C4)cc2)c(CP)c1. The minimum absolute atomic E-state index is 0.803. The lowest BCUT2D eigenvalue weighted by molar-refractivity contribution is 0.639. The molecule has 0 saturated carbocycles. The van der Waals surface area contributed by atoms with E-state index in [0.717, 1.165) is 18.2 Å². The molecule has 0 heterocycles. The highest BCUT2D eigenvalue weighted by Crippen LogP contribution is 2.33. The van der Waals surface area contributed by atoms with Crippen molar-refractivity contribution in [1.29, 1.82) is 0 Å². The van der Waals surface area contributed by atoms with Gasteiger partial charge in [-0.1, -0.05) is 60.7 Å². The number of fused-ring (bicyclic) bond motifs is 1. The van der Waals surface area contributed by atoms with Gasteiger partial charge in [0.2, 0.25) is 0 Å². The molecule has 0 fully saturated rings. The Morgan fingerprint density at radius 3 is 2.07 bits per heavy atom. The van der Waals surface area contributed by atoms with Gasteiger partial charge in [-0.3, -0.25) is 0 Å². The molecule has 0 saturated heterocycles. The van der Waals surface area contributed by atoms with Gasteiger partial charge in [-0.25, -0.2) is 0 Å². The molecule has 0 N–H and O–H groups in total. The van der Waals surface area contributed by atoms with Gasteiger partial charge >= 0.3 is 0 Å². The smallest absolute Gasteiger partial charge is 0.0122 e. The molecular weight excluding hydrogens is 381 g/mol. The van der Waals surface area contributed by atoms with E-state index >= 15 is 0 Å². The number of hydrogen-bond acceptors (Lipinski definition) is 0. The zero-order valence-corrected chi connectivity index (χ0v) is 19.1. The average Bonchev–Trinajstić information content (AvgIpc) is 3.16. The van der Waals surface area contributed by atoms with Crippen LogP contribution in [-0.2, 0) is 25.2 Å². The molecule has 4 atom stereocenters. The van der Waals surface area contributed by atoms with Crippen molar-refractivity contribution in [3.05, 3.63) is 82.9 Å². The summed E-state index contributed by atoms with van der Waals surface area (Å²) in [5.41, 5.74) is 11.2. The van der Waals surface area contributed by atoms with E-state index in [2.05, 4.69) is 88.4 Å². The van der Waals surface area contributed by atoms with Gasteiger partial charge in [0.05, 0.1) is 0 Å². The van der Waals surface area contributed by atoms with Crippen LogP contribution in [0.5, 0.6) is 0 Å². The Hall–Kier alpha value is -1.05. The Labute approximate surface area is 170 Å². The summed E-state index contributed by atoms with van der Waals surface area (Å²) in [5.74, 6) is 0.803. The second-order valence-corrected chi connectivity index (χ2v) is 8.76. The molecule has 1 aliphatic rings. The van der Waals surface area contributed by atoms with Gasteiger partial charge in [-0.2, -0.15) is 0 Å². The van der Waals surface area contributed by atoms with Crippen LogP contribution in [0, 0.1) is 5.92 Å². The maximum atomic E-state index is 2.90. The molecule has 0 bridgehead atoms. The second-order valence-electron chi connectivity index (χ2n) is 7.47. The van der Waals surface area contributed by atoms with Gasteiger partial charge in [-0.15, -0.1) is 27.7 Å². The third-order valence-corrected chi connectivity index (χ3v) is 7.29. The topological polar surface area (TPSA) is 0 Å². The molecule has 4 unspecified atom stereocenters. The summed E-state index contributed by atoms with van der Waals surface area (Å²) < 4.78 is 0. The van der Waals surface area contributed by atoms with E-state index in [9.17, 15) is 0 Å². The van der Waals surface area contributed by atoms with Crippen molar-refractivity contribution in [1.82, 2.24) is 0 Å². The zero-order chi connectivity index (χ0) is 18.8. The molecule has 0 amide bonds. The molecule has 0 nitrogen and oxygen atoms in total. The van der Waals surface area contributed by atoms with Crippen LogP contribution in [0.4, 0.5) is 0 Å². The van der Waals surface area contributed by atoms with Crippen LogP contribution in [0.1, 0.15) is 22.3 Å². The first-order valence-electron chi connectivity index (χ1n) is 9.66. The lowest BCUT2D eigenvalue weighted by atomic mass is 9.95. The molecule has 3 aromatic carbocycles. The predicted molar refractivity (Wildman–Crippen MR) is 130 cm³/mol. The van der Waals surface area contributed by atoms with Crippen molar-refractivity contribution in [3.8, 4) is 22.3 Å². The molecule has 4 rings (SSSR count). The molecular formula is C24H27P3. The van der Waals surface area contributed by atoms with Crippen LogP contribution in [-0.4, -0.2) is 6.16 Å². The largest absolute Gasteiger partial charge is 0.137 e. The minimum atomic E-state index is 0.803. The standard InChI is InChI=1S/C24H27P3/c25-13-16-1-8-24(23(9-16)15-27)19-4-2-18(3-5-19)21-7-6-20-10-17(14-26)11-22(20)12-21/h1-9,12,17H,10-11,13-15,25-27H2. The first-order valence-corrected chi connectivity index (χ1v) is 12.1. The fourth-order valence-electron chi connectivity index (χ4n) is 4.12. The fraction of sp³-hybridized carbons (Fsp3) is 0.250. The van der Waals surface area contributed by atoms with Crippen LogP contribution < -0.4 is 0 Å². The maximum Gasteiger partial charge on any atom is -0.0122 e. The summed E-state index contributed by atoms with van der Waals surface area (Å²) in [6.07, 6.45) is 5.66. The van der Waals surface area contributed by atoms with Crippen molar-refractivity contribution in [2.45, 2.75) is 25.2 Å². The average molecular weight is 408 g/mol. The highest BCUT2D eigenvalue weighted by Gasteiger charge is 2.20. The number of rotatable bonds is 5. The summed E-state index contributed by atoms with van der Waals surface area (Å²) in [5, 5.41) is 0. The third kappa shape index (κ3) is 4.05. The lowest BCUT2D eigenvalue weighted by Gasteiger charge is -2.11. The molecule has 138 valence electrons. The van der Waals surface area contributed by atoms with E-state index in [0.29, 0.717) is 0 Å². The summed E-state index contributed by atoms with van der Waals surface area (Å²) in [6, 6.07) is 23.0. The number of hydrogen-bond donors (Lipinski definition) is 0. The van der Waals surface area contributed by atoms with Crippen molar-refractivity contribution < 1.29 is 0 Å². The minimum Gasteiger partial charge on any atom is -0.137 e. The van der Waals surface area contributed by atoms with Crippen LogP contribution in [0.15, 0.2) is 60.7 Å². The Morgan fingerprint density at radius 2 is 1.37 bits per heavy atom. The Kier molecular flexibility index (Phi) is 6.09. The van der Waals surface area contributed by atoms with E-state index in [-0.39, 0.29) is 0 Å². The Bertz CT molecular complexity index is 944. The fourth-order valence-corrected chi connectivity index (χ4v) is 5.05. The zero-order valence-electron chi connectivity index (χ0n) is 15.6. The highest BCUT2D eigenvalue weighted by molar-refractivity contribution is 7.16. The predicted octanol–water partition coefficient (Wildman–Crippen LogP) is 6.36. The summed E-state index contributed by atoms with van der Waals surface area (Å²) in [4.78, 5) is 0. The van der Waals surface area contributed by atoms with Gasteiger partial charge in [0.25, 0.3) is 0 Å². The van der Waals surface area contributed by atoms with Gasteiger partial charge in [0.15, 0.2) is 0 Å². The Balaban J connectivity index is 1.62. The summed E-state index contributed by atoms with van der Waals surface area (Å²) in [7, 11) is 8.59. The quantitative estimate of drug-likeness (QED) is 0.431. The van der Waals surface area contributed by atoms with Crippen molar-refractivity contribution in [2.24, 2.45) is 5.92 Å². The van der Waals surface area contributed by atoms with Gasteiger partial charge in [0, 0.05) is 0 Å². The molecule has 0 aliphatic heterocycles. The molecule has 0 radical (unpaired) electrons. The Morgan fingerprint density at radius 1 is 0.667 bits per heavy atom. The van der Waals surface area contributed by atoms with Crippen LogP contribution in [0.25, 0.3) is 22.3 Å². The first-order chi connectivity index (χ1) is 13.2. The summed E-state index contributed by atoms with van der Waals surface area (Å²) in [6.45, 7) is 0. The highest BCUT2D eigenvalue weighted by atomic mass is 31.0. The van der Waals surface area contributed by atoms with Crippen LogP contribution in [0.3, 0.4) is 0 Å². The maximum absolute atomic E-state index is 2.90. The van der Waals surface area contributed by atoms with E-state index < -0.39 is 0 Å². The van der Waals surface area contributed by atoms with E-state index in [1.165, 1.54) is 52.4 Å². The van der Waals surface area contributed by atoms with E-state index in [1.807, 2.05) is 0 Å².